The first-order chi connectivity index (χ1) is 13.9. The molecule has 0 amide bonds. The number of benzene rings is 1. The van der Waals surface area contributed by atoms with Crippen molar-refractivity contribution in [3.05, 3.63) is 67.7 Å². The van der Waals surface area contributed by atoms with Crippen molar-refractivity contribution in [3.8, 4) is 0 Å². The van der Waals surface area contributed by atoms with Crippen molar-refractivity contribution in [3.63, 3.8) is 0 Å². The molecule has 0 unspecified atom stereocenters. The van der Waals surface area contributed by atoms with Crippen LogP contribution < -0.4 is 17.0 Å². The van der Waals surface area contributed by atoms with Crippen molar-refractivity contribution < 1.29 is 23.4 Å². The van der Waals surface area contributed by atoms with Crippen LogP contribution in [0.25, 0.3) is 0 Å². The number of H-pyrrole nitrogens is 1. The number of hydrogen-bond donors (Lipinski definition) is 2. The molecule has 1 saturated heterocycles. The van der Waals surface area contributed by atoms with E-state index >= 15 is 0 Å². The van der Waals surface area contributed by atoms with Crippen molar-refractivity contribution in [1.82, 2.24) is 9.55 Å². The molecule has 164 valence electrons. The molecule has 9 nitrogen and oxygen atoms in total. The number of carbonyl (C=O) groups is 1. The summed E-state index contributed by atoms with van der Waals surface area (Å²) in [6.45, 7) is -0.233. The molecule has 0 aliphatic carbocycles. The summed E-state index contributed by atoms with van der Waals surface area (Å²) in [7, 11) is 0. The molecule has 3 atom stereocenters. The molecule has 1 aromatic carbocycles. The number of rotatable bonds is 7. The summed E-state index contributed by atoms with van der Waals surface area (Å²) < 4.78 is 31.2. The Bertz CT molecular complexity index is 981. The first-order valence-corrected chi connectivity index (χ1v) is 9.13. The zero-order valence-electron chi connectivity index (χ0n) is 15.6. The topological polar surface area (TPSA) is 126 Å². The van der Waals surface area contributed by atoms with E-state index in [1.807, 2.05) is 4.98 Å². The van der Waals surface area contributed by atoms with Crippen molar-refractivity contribution in [2.45, 2.75) is 31.5 Å². The third kappa shape index (κ3) is 5.89. The van der Waals surface area contributed by atoms with Crippen LogP contribution in [0, 0.1) is 5.82 Å². The second-order valence-corrected chi connectivity index (χ2v) is 6.81. The van der Waals surface area contributed by atoms with Gasteiger partial charge in [-0.3, -0.25) is 19.1 Å². The lowest BCUT2D eigenvalue weighted by Crippen LogP contribution is -2.34. The quantitative estimate of drug-likeness (QED) is 0.589. The van der Waals surface area contributed by atoms with E-state index in [0.29, 0.717) is 5.02 Å². The molecule has 30 heavy (non-hydrogen) atoms. The highest BCUT2D eigenvalue weighted by Gasteiger charge is 2.38. The molecule has 3 N–H and O–H groups in total. The number of nitrogens with one attached hydrogen (secondary N) is 1. The van der Waals surface area contributed by atoms with Gasteiger partial charge in [-0.25, -0.2) is 4.79 Å². The van der Waals surface area contributed by atoms with Crippen molar-refractivity contribution in [2.75, 3.05) is 13.2 Å². The van der Waals surface area contributed by atoms with E-state index in [1.165, 1.54) is 0 Å². The summed E-state index contributed by atoms with van der Waals surface area (Å²) in [6, 6.07) is 7.02. The van der Waals surface area contributed by atoms with Crippen LogP contribution in [0.5, 0.6) is 0 Å². The second kappa shape index (κ2) is 10.7. The lowest BCUT2D eigenvalue weighted by molar-refractivity contribution is -0.149. The number of halogens is 3. The van der Waals surface area contributed by atoms with Gasteiger partial charge in [-0.15, -0.1) is 12.4 Å². The van der Waals surface area contributed by atoms with Crippen molar-refractivity contribution in [1.29, 1.82) is 0 Å². The molecular weight excluding hydrogens is 444 g/mol. The van der Waals surface area contributed by atoms with Crippen LogP contribution >= 0.6 is 24.0 Å². The Kier molecular flexibility index (Phi) is 8.56. The Hall–Kier alpha value is -2.24. The van der Waals surface area contributed by atoms with Gasteiger partial charge in [-0.2, -0.15) is 4.39 Å². The molecule has 2 heterocycles. The van der Waals surface area contributed by atoms with Gasteiger partial charge in [-0.05, 0) is 17.7 Å². The van der Waals surface area contributed by atoms with Crippen LogP contribution in [0.4, 0.5) is 4.39 Å². The molecule has 1 aliphatic heterocycles. The van der Waals surface area contributed by atoms with E-state index in [-0.39, 0.29) is 38.6 Å². The molecular formula is C18H20Cl2FN3O6. The first kappa shape index (κ1) is 24.0. The highest BCUT2D eigenvalue weighted by atomic mass is 35.5. The normalized spacial score (nSPS) is 20.6. The van der Waals surface area contributed by atoms with Gasteiger partial charge in [0.05, 0.1) is 25.5 Å². The Morgan fingerprint density at radius 1 is 1.33 bits per heavy atom. The third-order valence-electron chi connectivity index (χ3n) is 4.37. The van der Waals surface area contributed by atoms with Gasteiger partial charge < -0.3 is 19.9 Å². The summed E-state index contributed by atoms with van der Waals surface area (Å²) in [5, 5.41) is 0.587. The Morgan fingerprint density at radius 2 is 2.03 bits per heavy atom. The van der Waals surface area contributed by atoms with Crippen LogP contribution in [0.1, 0.15) is 18.2 Å². The Balaban J connectivity index is 0.00000320. The van der Waals surface area contributed by atoms with Crippen LogP contribution in [-0.2, 0) is 25.6 Å². The van der Waals surface area contributed by atoms with Gasteiger partial charge in [0, 0.05) is 11.4 Å². The van der Waals surface area contributed by atoms with Crippen molar-refractivity contribution >= 4 is 30.0 Å². The van der Waals surface area contributed by atoms with Crippen molar-refractivity contribution in [2.24, 2.45) is 5.73 Å². The number of ether oxygens (including phenoxy) is 3. The number of aromatic nitrogens is 2. The predicted octanol–water partition coefficient (Wildman–Crippen LogP) is 1.13. The molecule has 0 saturated carbocycles. The fraction of sp³-hybridized carbons (Fsp3) is 0.389. The number of esters is 1. The number of nitrogens with two attached hydrogens (primary N) is 1. The maximum Gasteiger partial charge on any atom is 0.330 e. The molecule has 0 radical (unpaired) electrons. The predicted molar refractivity (Wildman–Crippen MR) is 107 cm³/mol. The Morgan fingerprint density at radius 3 is 2.70 bits per heavy atom. The standard InChI is InChI=1S/C18H19ClFN3O6.ClH/c19-11-3-1-10(2-4-11)8-27-13-5-15(29-14(13)9-28-16(24)6-21)23-7-12(20)17(25)22-18(23)26;/h1-4,7,13-15H,5-6,8-9,21H2,(H,22,25,26);1H/t13-,14+,15+;/m0./s1. The SMILES string of the molecule is Cl.NCC(=O)OC[C@H]1O[C@@H](n2cc(F)c(=O)[nH]c2=O)C[C@@H]1OCc1ccc(Cl)cc1. The average Bonchev–Trinajstić information content (AvgIpc) is 3.11. The number of aromatic amines is 1. The fourth-order valence-corrected chi connectivity index (χ4v) is 3.02. The van der Waals surface area contributed by atoms with E-state index in [9.17, 15) is 18.8 Å². The molecule has 3 rings (SSSR count). The van der Waals surface area contributed by atoms with Gasteiger partial charge in [0.25, 0.3) is 5.56 Å². The molecule has 12 heteroatoms. The molecule has 0 spiro atoms. The summed E-state index contributed by atoms with van der Waals surface area (Å²) >= 11 is 5.86. The van der Waals surface area contributed by atoms with Gasteiger partial charge in [-0.1, -0.05) is 23.7 Å². The minimum atomic E-state index is -1.12. The highest BCUT2D eigenvalue weighted by molar-refractivity contribution is 6.30. The summed E-state index contributed by atoms with van der Waals surface area (Å²) in [6.07, 6.45) is -1.25. The van der Waals surface area contributed by atoms with E-state index in [4.69, 9.17) is 31.5 Å². The number of nitrogens with zero attached hydrogens (tertiary/aromatic N) is 1. The second-order valence-electron chi connectivity index (χ2n) is 6.37. The number of carbonyl (C=O) groups excluding carboxylic acids is 1. The first-order valence-electron chi connectivity index (χ1n) is 8.75. The van der Waals surface area contributed by atoms with Crippen LogP contribution in [0.2, 0.25) is 5.02 Å². The lowest BCUT2D eigenvalue weighted by Gasteiger charge is -2.19. The van der Waals surface area contributed by atoms with Gasteiger partial charge in [0.15, 0.2) is 0 Å². The third-order valence-corrected chi connectivity index (χ3v) is 4.62. The zero-order valence-corrected chi connectivity index (χ0v) is 17.2. The molecule has 1 aliphatic rings. The number of hydrogen-bond acceptors (Lipinski definition) is 7. The van der Waals surface area contributed by atoms with Gasteiger partial charge in [0.2, 0.25) is 5.82 Å². The van der Waals surface area contributed by atoms with E-state index in [1.54, 1.807) is 24.3 Å². The monoisotopic (exact) mass is 463 g/mol. The minimum absolute atomic E-state index is 0. The largest absolute Gasteiger partial charge is 0.462 e. The van der Waals surface area contributed by atoms with Gasteiger partial charge >= 0.3 is 11.7 Å². The Labute approximate surface area is 181 Å². The smallest absolute Gasteiger partial charge is 0.330 e. The van der Waals surface area contributed by atoms with E-state index < -0.39 is 41.5 Å². The summed E-state index contributed by atoms with van der Waals surface area (Å²) in [5.41, 5.74) is 4.14. The van der Waals surface area contributed by atoms with Crippen LogP contribution in [-0.4, -0.2) is 40.9 Å². The average molecular weight is 464 g/mol. The summed E-state index contributed by atoms with van der Waals surface area (Å²) in [5.74, 6) is -1.74. The molecule has 1 aromatic heterocycles. The maximum absolute atomic E-state index is 13.6. The fourth-order valence-electron chi connectivity index (χ4n) is 2.89. The molecule has 0 bridgehead atoms. The highest BCUT2D eigenvalue weighted by Crippen LogP contribution is 2.31. The van der Waals surface area contributed by atoms with E-state index in [2.05, 4.69) is 0 Å². The van der Waals surface area contributed by atoms with Crippen LogP contribution in [0.3, 0.4) is 0 Å². The lowest BCUT2D eigenvalue weighted by atomic mass is 10.1. The van der Waals surface area contributed by atoms with Crippen LogP contribution in [0.15, 0.2) is 40.1 Å². The maximum atomic E-state index is 13.6. The molecule has 1 fully saturated rings. The van der Waals surface area contributed by atoms with E-state index in [0.717, 1.165) is 16.3 Å². The minimum Gasteiger partial charge on any atom is -0.462 e. The summed E-state index contributed by atoms with van der Waals surface area (Å²) in [4.78, 5) is 36.5. The molecule has 2 aromatic rings. The zero-order chi connectivity index (χ0) is 21.0. The van der Waals surface area contributed by atoms with Gasteiger partial charge in [0.1, 0.15) is 18.9 Å².